The van der Waals surface area contributed by atoms with Crippen molar-refractivity contribution in [3.8, 4) is 22.5 Å². The number of aromatic nitrogens is 2. The van der Waals surface area contributed by atoms with Crippen LogP contribution in [-0.2, 0) is 20.1 Å². The summed E-state index contributed by atoms with van der Waals surface area (Å²) in [6.45, 7) is 18.5. The Morgan fingerprint density at radius 3 is 2.05 bits per heavy atom. The summed E-state index contributed by atoms with van der Waals surface area (Å²) < 4.78 is 6.11. The van der Waals surface area contributed by atoms with E-state index >= 15 is 0 Å². The molecule has 3 heterocycles. The number of nitrogens with zero attached hydrogens (tertiary/aromatic N) is 2. The van der Waals surface area contributed by atoms with Crippen LogP contribution in [0, 0.1) is 12.1 Å². The predicted molar refractivity (Wildman–Crippen MR) is 184 cm³/mol. The average molecular weight is 777 g/mol. The molecule has 43 heavy (non-hydrogen) atoms. The molecule has 6 rings (SSSR count). The van der Waals surface area contributed by atoms with Crippen LogP contribution >= 0.6 is 0 Å². The maximum Gasteiger partial charge on any atom is 0.120 e. The van der Waals surface area contributed by atoms with E-state index < -0.39 is 16.1 Å². The van der Waals surface area contributed by atoms with Gasteiger partial charge in [0.15, 0.2) is 0 Å². The van der Waals surface area contributed by atoms with Gasteiger partial charge in [0.1, 0.15) is 5.58 Å². The van der Waals surface area contributed by atoms with E-state index in [1.165, 1.54) is 15.9 Å². The molecule has 3 aromatic heterocycles. The van der Waals surface area contributed by atoms with Crippen molar-refractivity contribution in [1.82, 2.24) is 9.97 Å². The minimum absolute atomic E-state index is 0. The van der Waals surface area contributed by atoms with Gasteiger partial charge in [0.25, 0.3) is 0 Å². The molecule has 6 aromatic rings. The average Bonchev–Trinajstić information content (AvgIpc) is 3.34. The Morgan fingerprint density at radius 1 is 0.674 bits per heavy atom. The van der Waals surface area contributed by atoms with E-state index in [4.69, 9.17) is 4.42 Å². The van der Waals surface area contributed by atoms with Gasteiger partial charge in [0, 0.05) is 37.9 Å². The Kier molecular flexibility index (Phi) is 10.1. The maximum atomic E-state index is 6.11. The van der Waals surface area contributed by atoms with Crippen molar-refractivity contribution in [2.24, 2.45) is 0 Å². The van der Waals surface area contributed by atoms with Crippen LogP contribution in [0.25, 0.3) is 44.5 Å². The van der Waals surface area contributed by atoms with E-state index in [-0.39, 0.29) is 20.1 Å². The van der Waals surface area contributed by atoms with Gasteiger partial charge in [-0.25, -0.2) is 0 Å². The molecule has 1 radical (unpaired) electrons. The fourth-order valence-electron chi connectivity index (χ4n) is 4.84. The summed E-state index contributed by atoms with van der Waals surface area (Å²) in [5, 5.41) is 5.11. The van der Waals surface area contributed by atoms with Crippen LogP contribution in [0.5, 0.6) is 0 Å². The summed E-state index contributed by atoms with van der Waals surface area (Å²) in [7, 11) is -2.59. The third-order valence-electron chi connectivity index (χ3n) is 7.61. The molecule has 3 nitrogen and oxygen atoms in total. The van der Waals surface area contributed by atoms with Crippen molar-refractivity contribution < 1.29 is 24.5 Å². The minimum Gasteiger partial charge on any atom is -0.500 e. The molecular formula is C37H40IrN2OSi2-2. The number of rotatable bonds is 5. The Bertz CT molecular complexity index is 1820. The van der Waals surface area contributed by atoms with E-state index in [0.717, 1.165) is 44.5 Å². The van der Waals surface area contributed by atoms with Crippen molar-refractivity contribution in [3.63, 3.8) is 0 Å². The number of hydrogen-bond donors (Lipinski definition) is 0. The van der Waals surface area contributed by atoms with E-state index in [0.29, 0.717) is 5.92 Å². The topological polar surface area (TPSA) is 38.9 Å². The Labute approximate surface area is 272 Å². The SMILES string of the molecule is CC(C)c1ccnc(-c2[c-]cc3oc4cc([Si](C)(C)C)ccc4c3c2)c1.C[Si](C)(C)c1ccc(-c2[c-]cccc2)nc1.[Ir]. The fourth-order valence-corrected chi connectivity index (χ4v) is 7.02. The number of furan rings is 1. The first-order chi connectivity index (χ1) is 19.9. The zero-order valence-electron chi connectivity index (χ0n) is 26.4. The number of fused-ring (bicyclic) bond motifs is 3. The molecule has 0 bridgehead atoms. The van der Waals surface area contributed by atoms with Crippen molar-refractivity contribution in [2.75, 3.05) is 0 Å². The van der Waals surface area contributed by atoms with E-state index in [2.05, 4.69) is 124 Å². The van der Waals surface area contributed by atoms with Crippen molar-refractivity contribution >= 4 is 48.5 Å². The van der Waals surface area contributed by atoms with E-state index in [9.17, 15) is 0 Å². The molecule has 0 saturated heterocycles. The van der Waals surface area contributed by atoms with Gasteiger partial charge in [-0.1, -0.05) is 99.6 Å². The second-order valence-electron chi connectivity index (χ2n) is 13.3. The third-order valence-corrected chi connectivity index (χ3v) is 11.7. The molecule has 0 amide bonds. The Hall–Kier alpha value is -3.16. The standard InChI is InChI=1S/C23H24NOSi.C14H16NSi.Ir/c1-15(2)16-10-11-24-21(13-16)17-6-9-22-20(12-17)19-8-7-18(26(3,4)5)14-23(19)25-22;1-16(2,3)13-9-10-14(15-11-13)12-7-5-4-6-8-12;/h7-15H,1-5H3;4-7,9-11H,1-3H3;/q2*-1;. The molecule has 0 aliphatic heterocycles. The molecule has 0 spiro atoms. The maximum absolute atomic E-state index is 6.11. The quantitative estimate of drug-likeness (QED) is 0.130. The molecule has 0 saturated carbocycles. The second kappa shape index (κ2) is 13.2. The van der Waals surface area contributed by atoms with Gasteiger partial charge in [0.2, 0.25) is 0 Å². The van der Waals surface area contributed by atoms with Crippen LogP contribution in [0.4, 0.5) is 0 Å². The summed E-state index contributed by atoms with van der Waals surface area (Å²) in [4.78, 5) is 9.07. The molecule has 0 fully saturated rings. The zero-order chi connectivity index (χ0) is 30.1. The van der Waals surface area contributed by atoms with Crippen LogP contribution in [0.3, 0.4) is 0 Å². The molecule has 223 valence electrons. The summed E-state index contributed by atoms with van der Waals surface area (Å²) >= 11 is 0. The first-order valence-electron chi connectivity index (χ1n) is 14.7. The Balaban J connectivity index is 0.000000215. The van der Waals surface area contributed by atoms with Crippen molar-refractivity contribution in [3.05, 3.63) is 109 Å². The molecule has 0 aliphatic rings. The van der Waals surface area contributed by atoms with Crippen molar-refractivity contribution in [1.29, 1.82) is 0 Å². The zero-order valence-corrected chi connectivity index (χ0v) is 30.8. The normalized spacial score (nSPS) is 11.7. The van der Waals surface area contributed by atoms with Crippen LogP contribution in [0.15, 0.2) is 95.7 Å². The van der Waals surface area contributed by atoms with Gasteiger partial charge in [-0.15, -0.1) is 59.7 Å². The van der Waals surface area contributed by atoms with E-state index in [1.807, 2.05) is 42.7 Å². The van der Waals surface area contributed by atoms with Crippen LogP contribution in [0.1, 0.15) is 25.3 Å². The largest absolute Gasteiger partial charge is 0.500 e. The third kappa shape index (κ3) is 7.68. The molecule has 6 heteroatoms. The van der Waals surface area contributed by atoms with Gasteiger partial charge in [-0.3, -0.25) is 0 Å². The number of benzene rings is 3. The van der Waals surface area contributed by atoms with Gasteiger partial charge < -0.3 is 14.4 Å². The van der Waals surface area contributed by atoms with Gasteiger partial charge in [-0.05, 0) is 34.6 Å². The van der Waals surface area contributed by atoms with Gasteiger partial charge in [-0.2, -0.15) is 0 Å². The first-order valence-corrected chi connectivity index (χ1v) is 21.7. The summed E-state index contributed by atoms with van der Waals surface area (Å²) in [6, 6.07) is 33.8. The summed E-state index contributed by atoms with van der Waals surface area (Å²) in [6.07, 6.45) is 3.90. The summed E-state index contributed by atoms with van der Waals surface area (Å²) in [5.41, 5.74) is 7.18. The predicted octanol–water partition coefficient (Wildman–Crippen LogP) is 9.21. The first kappa shape index (κ1) is 32.8. The van der Waals surface area contributed by atoms with Gasteiger partial charge >= 0.3 is 0 Å². The molecule has 0 aliphatic carbocycles. The second-order valence-corrected chi connectivity index (χ2v) is 23.4. The fraction of sp³-hybridized carbons (Fsp3) is 0.243. The van der Waals surface area contributed by atoms with Crippen molar-refractivity contribution in [2.45, 2.75) is 59.0 Å². The minimum atomic E-state index is -1.36. The number of pyridine rings is 2. The van der Waals surface area contributed by atoms with E-state index in [1.54, 1.807) is 0 Å². The van der Waals surface area contributed by atoms with Crippen LogP contribution in [0.2, 0.25) is 39.3 Å². The van der Waals surface area contributed by atoms with Crippen LogP contribution in [-0.4, -0.2) is 26.1 Å². The summed E-state index contributed by atoms with van der Waals surface area (Å²) in [5.74, 6) is 0.482. The molecular weight excluding hydrogens is 737 g/mol. The Morgan fingerprint density at radius 2 is 1.42 bits per heavy atom. The molecule has 3 aromatic carbocycles. The molecule has 0 N–H and O–H groups in total. The van der Waals surface area contributed by atoms with Crippen LogP contribution < -0.4 is 10.4 Å². The monoisotopic (exact) mass is 777 g/mol. The molecule has 0 atom stereocenters. The van der Waals surface area contributed by atoms with Gasteiger partial charge in [0.05, 0.1) is 21.7 Å². The molecule has 0 unspecified atom stereocenters. The smallest absolute Gasteiger partial charge is 0.120 e. The number of hydrogen-bond acceptors (Lipinski definition) is 3.